The lowest BCUT2D eigenvalue weighted by molar-refractivity contribution is 0.104. The Morgan fingerprint density at radius 1 is 1.18 bits per heavy atom. The molecule has 1 rings (SSSR count). The van der Waals surface area contributed by atoms with Gasteiger partial charge in [0.25, 0.3) is 0 Å². The summed E-state index contributed by atoms with van der Waals surface area (Å²) >= 11 is 0. The molecule has 0 aliphatic rings. The molecule has 0 aliphatic heterocycles. The molecule has 0 heterocycles. The first-order valence-corrected chi connectivity index (χ1v) is 6.10. The van der Waals surface area contributed by atoms with Gasteiger partial charge in [0.2, 0.25) is 0 Å². The van der Waals surface area contributed by atoms with Crippen molar-refractivity contribution in [3.63, 3.8) is 0 Å². The topological polar surface area (TPSA) is 41.5 Å². The summed E-state index contributed by atoms with van der Waals surface area (Å²) in [5, 5.41) is 12.9. The highest BCUT2D eigenvalue weighted by Gasteiger charge is 2.06. The predicted molar refractivity (Wildman–Crippen MR) is 70.6 cm³/mol. The third-order valence-electron chi connectivity index (χ3n) is 2.40. The summed E-state index contributed by atoms with van der Waals surface area (Å²) in [6.45, 7) is 9.06. The molecule has 0 saturated carbocycles. The van der Waals surface area contributed by atoms with Gasteiger partial charge in [-0.1, -0.05) is 19.9 Å². The van der Waals surface area contributed by atoms with Gasteiger partial charge in [0.1, 0.15) is 18.5 Å². The molecule has 0 fully saturated rings. The van der Waals surface area contributed by atoms with Crippen LogP contribution < -0.4 is 10.1 Å². The van der Waals surface area contributed by atoms with Crippen LogP contribution in [0.15, 0.2) is 18.2 Å². The van der Waals surface area contributed by atoms with Gasteiger partial charge < -0.3 is 15.2 Å². The molecule has 0 aliphatic carbocycles. The van der Waals surface area contributed by atoms with Crippen molar-refractivity contribution in [1.82, 2.24) is 5.32 Å². The number of aryl methyl sites for hydroxylation is 2. The molecule has 0 radical (unpaired) electrons. The molecule has 2 N–H and O–H groups in total. The van der Waals surface area contributed by atoms with Crippen LogP contribution in [0.25, 0.3) is 0 Å². The molecule has 0 spiro atoms. The van der Waals surface area contributed by atoms with E-state index >= 15 is 0 Å². The number of ether oxygens (including phenoxy) is 1. The van der Waals surface area contributed by atoms with Crippen molar-refractivity contribution < 1.29 is 9.84 Å². The van der Waals surface area contributed by atoms with E-state index in [2.05, 4.69) is 25.2 Å². The van der Waals surface area contributed by atoms with E-state index in [9.17, 15) is 5.11 Å². The van der Waals surface area contributed by atoms with Gasteiger partial charge in [0.05, 0.1) is 0 Å². The van der Waals surface area contributed by atoms with Gasteiger partial charge in [-0.25, -0.2) is 0 Å². The number of nitrogens with one attached hydrogen (secondary N) is 1. The Morgan fingerprint density at radius 3 is 2.29 bits per heavy atom. The van der Waals surface area contributed by atoms with E-state index in [1.807, 2.05) is 26.0 Å². The smallest absolute Gasteiger partial charge is 0.119 e. The minimum atomic E-state index is -0.474. The molecule has 17 heavy (non-hydrogen) atoms. The molecule has 0 aromatic heterocycles. The van der Waals surface area contributed by atoms with E-state index in [1.54, 1.807) is 0 Å². The lowest BCUT2D eigenvalue weighted by Crippen LogP contribution is -2.35. The van der Waals surface area contributed by atoms with E-state index < -0.39 is 6.10 Å². The zero-order valence-electron chi connectivity index (χ0n) is 11.2. The summed E-state index contributed by atoms with van der Waals surface area (Å²) in [7, 11) is 0. The highest BCUT2D eigenvalue weighted by molar-refractivity contribution is 5.32. The molecule has 1 aromatic rings. The normalized spacial score (nSPS) is 12.8. The Bertz CT molecular complexity index is 330. The predicted octanol–water partition coefficient (Wildman–Crippen LogP) is 2.04. The van der Waals surface area contributed by atoms with Crippen LogP contribution in [-0.2, 0) is 0 Å². The van der Waals surface area contributed by atoms with Crippen molar-refractivity contribution in [3.8, 4) is 5.75 Å². The lowest BCUT2D eigenvalue weighted by atomic mass is 10.1. The summed E-state index contributed by atoms with van der Waals surface area (Å²) < 4.78 is 5.57. The summed E-state index contributed by atoms with van der Waals surface area (Å²) in [6, 6.07) is 6.44. The molecule has 3 heteroatoms. The first-order chi connectivity index (χ1) is 7.97. The molecule has 0 unspecified atom stereocenters. The van der Waals surface area contributed by atoms with Gasteiger partial charge in [0, 0.05) is 12.6 Å². The van der Waals surface area contributed by atoms with Crippen LogP contribution in [-0.4, -0.2) is 30.4 Å². The standard InChI is InChI=1S/C14H23NO2/c1-10(2)15-8-13(16)9-17-14-6-11(3)5-12(4)7-14/h5-7,10,13,15-16H,8-9H2,1-4H3/t13-/m0/s1. The van der Waals surface area contributed by atoms with E-state index in [0.29, 0.717) is 19.2 Å². The Labute approximate surface area is 104 Å². The number of hydrogen-bond acceptors (Lipinski definition) is 3. The minimum Gasteiger partial charge on any atom is -0.491 e. The summed E-state index contributed by atoms with van der Waals surface area (Å²) in [6.07, 6.45) is -0.474. The largest absolute Gasteiger partial charge is 0.491 e. The average molecular weight is 237 g/mol. The van der Waals surface area contributed by atoms with Gasteiger partial charge in [-0.05, 0) is 37.1 Å². The van der Waals surface area contributed by atoms with E-state index in [1.165, 1.54) is 11.1 Å². The van der Waals surface area contributed by atoms with Crippen LogP contribution >= 0.6 is 0 Å². The van der Waals surface area contributed by atoms with Crippen molar-refractivity contribution in [3.05, 3.63) is 29.3 Å². The fourth-order valence-electron chi connectivity index (χ4n) is 1.64. The number of aliphatic hydroxyl groups excluding tert-OH is 1. The molecular formula is C14H23NO2. The Hall–Kier alpha value is -1.06. The molecule has 1 atom stereocenters. The van der Waals surface area contributed by atoms with Crippen molar-refractivity contribution in [2.75, 3.05) is 13.2 Å². The molecule has 0 saturated heterocycles. The maximum absolute atomic E-state index is 9.71. The van der Waals surface area contributed by atoms with Crippen molar-refractivity contribution >= 4 is 0 Å². The average Bonchev–Trinajstić information content (AvgIpc) is 2.22. The van der Waals surface area contributed by atoms with Crippen LogP contribution in [0.3, 0.4) is 0 Å². The fraction of sp³-hybridized carbons (Fsp3) is 0.571. The van der Waals surface area contributed by atoms with Gasteiger partial charge in [-0.2, -0.15) is 0 Å². The summed E-state index contributed by atoms with van der Waals surface area (Å²) in [5.74, 6) is 0.825. The summed E-state index contributed by atoms with van der Waals surface area (Å²) in [4.78, 5) is 0. The number of hydrogen-bond donors (Lipinski definition) is 2. The molecular weight excluding hydrogens is 214 g/mol. The van der Waals surface area contributed by atoms with Crippen LogP contribution in [0, 0.1) is 13.8 Å². The molecule has 1 aromatic carbocycles. The maximum atomic E-state index is 9.71. The molecule has 0 bridgehead atoms. The quantitative estimate of drug-likeness (QED) is 0.795. The van der Waals surface area contributed by atoms with Crippen molar-refractivity contribution in [2.24, 2.45) is 0 Å². The van der Waals surface area contributed by atoms with E-state index in [4.69, 9.17) is 4.74 Å². The van der Waals surface area contributed by atoms with Gasteiger partial charge in [0.15, 0.2) is 0 Å². The Balaban J connectivity index is 2.39. The van der Waals surface area contributed by atoms with Gasteiger partial charge in [-0.15, -0.1) is 0 Å². The van der Waals surface area contributed by atoms with Crippen LogP contribution in [0.5, 0.6) is 5.75 Å². The van der Waals surface area contributed by atoms with Gasteiger partial charge in [-0.3, -0.25) is 0 Å². The first-order valence-electron chi connectivity index (χ1n) is 6.10. The zero-order valence-corrected chi connectivity index (χ0v) is 11.2. The lowest BCUT2D eigenvalue weighted by Gasteiger charge is -2.15. The molecule has 3 nitrogen and oxygen atoms in total. The van der Waals surface area contributed by atoms with Gasteiger partial charge >= 0.3 is 0 Å². The SMILES string of the molecule is Cc1cc(C)cc(OC[C@@H](O)CNC(C)C)c1. The van der Waals surface area contributed by atoms with E-state index in [-0.39, 0.29) is 0 Å². The highest BCUT2D eigenvalue weighted by Crippen LogP contribution is 2.16. The zero-order chi connectivity index (χ0) is 12.8. The molecule has 0 amide bonds. The third kappa shape index (κ3) is 5.71. The second kappa shape index (κ2) is 6.62. The highest BCUT2D eigenvalue weighted by atomic mass is 16.5. The number of aliphatic hydroxyl groups is 1. The monoisotopic (exact) mass is 237 g/mol. The Kier molecular flexibility index (Phi) is 5.45. The van der Waals surface area contributed by atoms with E-state index in [0.717, 1.165) is 5.75 Å². The van der Waals surface area contributed by atoms with Crippen molar-refractivity contribution in [1.29, 1.82) is 0 Å². The van der Waals surface area contributed by atoms with Crippen LogP contribution in [0.4, 0.5) is 0 Å². The minimum absolute atomic E-state index is 0.322. The summed E-state index contributed by atoms with van der Waals surface area (Å²) in [5.41, 5.74) is 2.35. The number of rotatable bonds is 6. The maximum Gasteiger partial charge on any atom is 0.119 e. The fourth-order valence-corrected chi connectivity index (χ4v) is 1.64. The second-order valence-electron chi connectivity index (χ2n) is 4.85. The second-order valence-corrected chi connectivity index (χ2v) is 4.85. The number of benzene rings is 1. The Morgan fingerprint density at radius 2 is 1.76 bits per heavy atom. The third-order valence-corrected chi connectivity index (χ3v) is 2.40. The van der Waals surface area contributed by atoms with Crippen LogP contribution in [0.2, 0.25) is 0 Å². The molecule has 96 valence electrons. The first kappa shape index (κ1) is 14.0. The van der Waals surface area contributed by atoms with Crippen molar-refractivity contribution in [2.45, 2.75) is 39.8 Å². The van der Waals surface area contributed by atoms with Crippen LogP contribution in [0.1, 0.15) is 25.0 Å².